The molecule has 0 bridgehead atoms. The Labute approximate surface area is 197 Å². The van der Waals surface area contributed by atoms with Gasteiger partial charge in [-0.15, -0.1) is 24.0 Å². The Morgan fingerprint density at radius 3 is 2.58 bits per heavy atom. The molecule has 31 heavy (non-hydrogen) atoms. The number of hydrogen-bond acceptors (Lipinski definition) is 3. The minimum absolute atomic E-state index is 0. The number of nitrogens with zero attached hydrogens (tertiary/aromatic N) is 4. The predicted octanol–water partition coefficient (Wildman–Crippen LogP) is 3.63. The molecule has 1 fully saturated rings. The summed E-state index contributed by atoms with van der Waals surface area (Å²) in [5.41, 5.74) is -1.80. The monoisotopic (exact) mass is 551 g/mol. The Morgan fingerprint density at radius 2 is 2.00 bits per heavy atom. The van der Waals surface area contributed by atoms with Crippen LogP contribution < -0.4 is 5.32 Å². The molecule has 1 aliphatic rings. The standard InChI is InChI=1S/C21H28F3N5O.HI/c1-3-25-19(29-13-9-17(15-29)16-7-5-4-6-8-16)27-11-10-20(30,21(22,23)24)18-26-12-14-28(18)2;/h4-8,12,14,17,30H,3,9-11,13,15H2,1-2H3,(H,25,27);1H. The topological polar surface area (TPSA) is 65.7 Å². The van der Waals surface area contributed by atoms with Crippen LogP contribution in [0.5, 0.6) is 0 Å². The first-order valence-corrected chi connectivity index (χ1v) is 10.1. The van der Waals surface area contributed by atoms with Crippen molar-refractivity contribution in [2.75, 3.05) is 26.2 Å². The molecule has 1 saturated heterocycles. The maximum absolute atomic E-state index is 13.7. The van der Waals surface area contributed by atoms with Crippen LogP contribution in [0, 0.1) is 0 Å². The van der Waals surface area contributed by atoms with Crippen LogP contribution in [0.3, 0.4) is 0 Å². The first-order chi connectivity index (χ1) is 14.3. The van der Waals surface area contributed by atoms with Crippen molar-refractivity contribution in [3.63, 3.8) is 0 Å². The average Bonchev–Trinajstić information content (AvgIpc) is 3.36. The quantitative estimate of drug-likeness (QED) is 0.327. The zero-order valence-corrected chi connectivity index (χ0v) is 20.0. The summed E-state index contributed by atoms with van der Waals surface area (Å²) in [6.07, 6.45) is -1.88. The molecule has 10 heteroatoms. The van der Waals surface area contributed by atoms with E-state index in [0.29, 0.717) is 18.4 Å². The van der Waals surface area contributed by atoms with Gasteiger partial charge in [0, 0.05) is 58.0 Å². The first-order valence-electron chi connectivity index (χ1n) is 10.1. The molecule has 2 atom stereocenters. The van der Waals surface area contributed by atoms with Gasteiger partial charge in [-0.1, -0.05) is 30.3 Å². The maximum Gasteiger partial charge on any atom is 0.424 e. The SMILES string of the molecule is CCNC(=NCCC(O)(c1nccn1C)C(F)(F)F)N1CCC(c2ccccc2)C1.I. The summed E-state index contributed by atoms with van der Waals surface area (Å²) in [5.74, 6) is 0.496. The molecule has 0 radical (unpaired) electrons. The van der Waals surface area contributed by atoms with Gasteiger partial charge in [-0.3, -0.25) is 4.99 Å². The molecule has 1 aromatic carbocycles. The third-order valence-corrected chi connectivity index (χ3v) is 5.49. The van der Waals surface area contributed by atoms with Gasteiger partial charge in [0.05, 0.1) is 0 Å². The average molecular weight is 551 g/mol. The van der Waals surface area contributed by atoms with Crippen molar-refractivity contribution in [2.24, 2.45) is 12.0 Å². The Kier molecular flexibility index (Phi) is 8.75. The van der Waals surface area contributed by atoms with Gasteiger partial charge in [0.15, 0.2) is 5.96 Å². The second-order valence-electron chi connectivity index (χ2n) is 7.55. The van der Waals surface area contributed by atoms with Gasteiger partial charge in [-0.25, -0.2) is 4.98 Å². The number of imidazole rings is 1. The third kappa shape index (κ3) is 5.71. The van der Waals surface area contributed by atoms with Crippen LogP contribution in [0.15, 0.2) is 47.7 Å². The molecule has 0 spiro atoms. The molecule has 0 saturated carbocycles. The Bertz CT molecular complexity index is 858. The van der Waals surface area contributed by atoms with Crippen LogP contribution in [0.1, 0.15) is 37.1 Å². The van der Waals surface area contributed by atoms with Gasteiger partial charge in [-0.2, -0.15) is 13.2 Å². The second kappa shape index (κ2) is 10.7. The summed E-state index contributed by atoms with van der Waals surface area (Å²) in [7, 11) is 1.43. The number of aromatic nitrogens is 2. The predicted molar refractivity (Wildman–Crippen MR) is 125 cm³/mol. The fourth-order valence-electron chi connectivity index (χ4n) is 3.84. The molecule has 2 N–H and O–H groups in total. The van der Waals surface area contributed by atoms with E-state index >= 15 is 0 Å². The highest BCUT2D eigenvalue weighted by molar-refractivity contribution is 14.0. The molecule has 0 aliphatic carbocycles. The van der Waals surface area contributed by atoms with Gasteiger partial charge in [0.2, 0.25) is 5.60 Å². The van der Waals surface area contributed by atoms with Crippen LogP contribution in [0.4, 0.5) is 13.2 Å². The Hall–Kier alpha value is -1.82. The highest BCUT2D eigenvalue weighted by Gasteiger charge is 2.57. The van der Waals surface area contributed by atoms with Gasteiger partial charge in [0.1, 0.15) is 5.82 Å². The number of aliphatic hydroxyl groups is 1. The van der Waals surface area contributed by atoms with Crippen molar-refractivity contribution >= 4 is 29.9 Å². The van der Waals surface area contributed by atoms with Crippen molar-refractivity contribution in [2.45, 2.75) is 37.5 Å². The van der Waals surface area contributed by atoms with E-state index in [2.05, 4.69) is 32.3 Å². The van der Waals surface area contributed by atoms with Gasteiger partial charge in [0.25, 0.3) is 0 Å². The highest BCUT2D eigenvalue weighted by Crippen LogP contribution is 2.40. The van der Waals surface area contributed by atoms with E-state index in [1.54, 1.807) is 0 Å². The number of rotatable bonds is 6. The lowest BCUT2D eigenvalue weighted by molar-refractivity contribution is -0.272. The normalized spacial score (nSPS) is 19.1. The lowest BCUT2D eigenvalue weighted by Gasteiger charge is -2.29. The van der Waals surface area contributed by atoms with Crippen molar-refractivity contribution in [3.8, 4) is 0 Å². The van der Waals surface area contributed by atoms with E-state index in [9.17, 15) is 18.3 Å². The molecule has 2 aromatic rings. The van der Waals surface area contributed by atoms with E-state index in [0.717, 1.165) is 19.5 Å². The molecular weight excluding hydrogens is 522 g/mol. The molecule has 1 aliphatic heterocycles. The van der Waals surface area contributed by atoms with Crippen LogP contribution in [0.25, 0.3) is 0 Å². The molecule has 2 unspecified atom stereocenters. The van der Waals surface area contributed by atoms with E-state index in [1.807, 2.05) is 25.1 Å². The molecule has 172 valence electrons. The summed E-state index contributed by atoms with van der Waals surface area (Å²) in [4.78, 5) is 10.2. The lowest BCUT2D eigenvalue weighted by Crippen LogP contribution is -2.45. The second-order valence-corrected chi connectivity index (χ2v) is 7.55. The highest BCUT2D eigenvalue weighted by atomic mass is 127. The largest absolute Gasteiger partial charge is 0.424 e. The van der Waals surface area contributed by atoms with Crippen molar-refractivity contribution in [1.82, 2.24) is 19.8 Å². The first kappa shape index (κ1) is 25.4. The molecule has 0 amide bonds. The number of nitrogens with one attached hydrogen (secondary N) is 1. The smallest absolute Gasteiger partial charge is 0.374 e. The van der Waals surface area contributed by atoms with E-state index in [1.165, 1.54) is 29.6 Å². The summed E-state index contributed by atoms with van der Waals surface area (Å²) in [5, 5.41) is 13.6. The summed E-state index contributed by atoms with van der Waals surface area (Å²) < 4.78 is 42.2. The number of benzene rings is 1. The molecule has 2 heterocycles. The molecular formula is C21H29F3IN5O. The van der Waals surface area contributed by atoms with Crippen molar-refractivity contribution < 1.29 is 18.3 Å². The van der Waals surface area contributed by atoms with Crippen LogP contribution in [-0.2, 0) is 12.6 Å². The van der Waals surface area contributed by atoms with Gasteiger partial charge < -0.3 is 19.9 Å². The van der Waals surface area contributed by atoms with Gasteiger partial charge in [-0.05, 0) is 18.9 Å². The summed E-state index contributed by atoms with van der Waals surface area (Å²) >= 11 is 0. The van der Waals surface area contributed by atoms with Crippen LogP contribution in [-0.4, -0.2) is 57.9 Å². The minimum Gasteiger partial charge on any atom is -0.374 e. The molecule has 1 aromatic heterocycles. The fraction of sp³-hybridized carbons (Fsp3) is 0.524. The lowest BCUT2D eigenvalue weighted by atomic mass is 9.98. The fourth-order valence-corrected chi connectivity index (χ4v) is 3.84. The summed E-state index contributed by atoms with van der Waals surface area (Å²) in [6, 6.07) is 10.2. The Balaban J connectivity index is 0.00000341. The number of aryl methyl sites for hydroxylation is 1. The minimum atomic E-state index is -4.86. The van der Waals surface area contributed by atoms with E-state index < -0.39 is 24.0 Å². The van der Waals surface area contributed by atoms with Crippen molar-refractivity contribution in [1.29, 1.82) is 0 Å². The zero-order valence-electron chi connectivity index (χ0n) is 17.6. The van der Waals surface area contributed by atoms with E-state index in [-0.39, 0.29) is 30.5 Å². The molecule has 3 rings (SSSR count). The third-order valence-electron chi connectivity index (χ3n) is 5.49. The van der Waals surface area contributed by atoms with E-state index in [4.69, 9.17) is 0 Å². The number of hydrogen-bond donors (Lipinski definition) is 2. The Morgan fingerprint density at radius 1 is 1.29 bits per heavy atom. The van der Waals surface area contributed by atoms with Gasteiger partial charge >= 0.3 is 6.18 Å². The number of aliphatic imine (C=N–C) groups is 1. The van der Waals surface area contributed by atoms with Crippen molar-refractivity contribution in [3.05, 3.63) is 54.1 Å². The van der Waals surface area contributed by atoms with Crippen LogP contribution >= 0.6 is 24.0 Å². The number of halogens is 4. The molecule has 6 nitrogen and oxygen atoms in total. The van der Waals surface area contributed by atoms with Crippen LogP contribution in [0.2, 0.25) is 0 Å². The number of guanidine groups is 1. The zero-order chi connectivity index (χ0) is 21.8. The number of likely N-dealkylation sites (tertiary alicyclic amines) is 1. The summed E-state index contributed by atoms with van der Waals surface area (Å²) in [6.45, 7) is 3.86. The number of alkyl halides is 3. The maximum atomic E-state index is 13.7.